The van der Waals surface area contributed by atoms with Crippen molar-refractivity contribution in [3.8, 4) is 0 Å². The summed E-state index contributed by atoms with van der Waals surface area (Å²) in [5, 5.41) is 17.3. The van der Waals surface area contributed by atoms with E-state index in [0.29, 0.717) is 73.7 Å². The minimum absolute atomic E-state index is 0.0311. The zero-order valence-corrected chi connectivity index (χ0v) is 49.4. The summed E-state index contributed by atoms with van der Waals surface area (Å²) < 4.78 is 0. The number of fused-ring (bicyclic) bond motifs is 1. The topological polar surface area (TPSA) is 369 Å². The number of amides is 10. The van der Waals surface area contributed by atoms with Crippen molar-refractivity contribution >= 4 is 93.2 Å². The van der Waals surface area contributed by atoms with E-state index >= 15 is 4.79 Å². The predicted octanol–water partition coefficient (Wildman–Crippen LogP) is 2.35. The molecule has 26 heteroatoms. The average Bonchev–Trinajstić information content (AvgIpc) is 2.33. The number of primary amides is 2. The van der Waals surface area contributed by atoms with E-state index in [4.69, 9.17) is 40.4 Å². The van der Waals surface area contributed by atoms with E-state index < -0.39 is 114 Å². The van der Waals surface area contributed by atoms with Gasteiger partial charge in [0.05, 0.1) is 28.1 Å². The van der Waals surface area contributed by atoms with Crippen molar-refractivity contribution in [1.82, 2.24) is 56.7 Å². The van der Waals surface area contributed by atoms with Crippen molar-refractivity contribution in [1.29, 1.82) is 0 Å². The molecule has 2 aromatic carbocycles. The number of hydrogen-bond acceptors (Lipinski definition) is 13. The van der Waals surface area contributed by atoms with Crippen molar-refractivity contribution in [3.63, 3.8) is 0 Å². The number of carbonyl (C=O) groups is 10. The van der Waals surface area contributed by atoms with Crippen LogP contribution in [0.3, 0.4) is 0 Å². The molecule has 2 fully saturated rings. The Hall–Kier alpha value is -8.48. The van der Waals surface area contributed by atoms with Gasteiger partial charge in [-0.2, -0.15) is 0 Å². The molecule has 24 nitrogen and oxygen atoms in total. The average molecular weight is 1220 g/mol. The van der Waals surface area contributed by atoms with Crippen LogP contribution in [0.1, 0.15) is 111 Å². The van der Waals surface area contributed by atoms with Gasteiger partial charge >= 0.3 is 0 Å². The number of rotatable bonds is 29. The number of aromatic amines is 1. The van der Waals surface area contributed by atoms with E-state index in [2.05, 4.69) is 46.9 Å². The number of hydrogen-bond donors (Lipinski definition) is 10. The highest BCUT2D eigenvalue weighted by atomic mass is 35.5. The van der Waals surface area contributed by atoms with Crippen LogP contribution in [0.25, 0.3) is 10.9 Å². The van der Waals surface area contributed by atoms with E-state index in [-0.39, 0.29) is 54.7 Å². The number of benzene rings is 2. The number of unbranched alkanes of at least 4 members (excludes halogenated alkanes) is 2. The number of carbonyl (C=O) groups excluding carboxylic acids is 10. The largest absolute Gasteiger partial charge is 0.370 e. The van der Waals surface area contributed by atoms with Crippen molar-refractivity contribution in [3.05, 3.63) is 130 Å². The fourth-order valence-corrected chi connectivity index (χ4v) is 11.2. The minimum Gasteiger partial charge on any atom is -0.370 e. The van der Waals surface area contributed by atoms with Gasteiger partial charge in [-0.3, -0.25) is 57.9 Å². The SMILES string of the molecule is CCCC[C@H](NC(=O)[C@@H](Cc1c[nH]c2ccccc12)NC(=O)[C@H](CC(N)=O)NC(=O)[C@@H](Cc1ccc(Cl)c(Cl)c1)NC(=O)[C@@H]1C(c2cccnc2)CCN1C(=O)[C@H](C)NC(=O)[C@@H]1CCCN1C(=O)[C@H](N)CCCCNC(=O)c1cccnc1)C(N)=O. The predicted molar refractivity (Wildman–Crippen MR) is 320 cm³/mol. The maximum Gasteiger partial charge on any atom is 0.252 e. The van der Waals surface area contributed by atoms with Crippen LogP contribution in [0.5, 0.6) is 0 Å². The summed E-state index contributed by atoms with van der Waals surface area (Å²) in [5.41, 5.74) is 20.5. The van der Waals surface area contributed by atoms with E-state index in [9.17, 15) is 43.2 Å². The summed E-state index contributed by atoms with van der Waals surface area (Å²) >= 11 is 12.7. The molecule has 1 unspecified atom stereocenters. The molecule has 2 aliphatic rings. The lowest BCUT2D eigenvalue weighted by molar-refractivity contribution is -0.144. The number of aromatic nitrogens is 3. The van der Waals surface area contributed by atoms with Crippen molar-refractivity contribution in [2.75, 3.05) is 19.6 Å². The lowest BCUT2D eigenvalue weighted by atomic mass is 9.91. The maximum atomic E-state index is 15.1. The zero-order chi connectivity index (χ0) is 62.0. The molecule has 0 spiro atoms. The summed E-state index contributed by atoms with van der Waals surface area (Å²) in [6, 6.07) is 8.37. The quantitative estimate of drug-likeness (QED) is 0.0308. The first-order valence-corrected chi connectivity index (χ1v) is 29.5. The first-order valence-electron chi connectivity index (χ1n) is 28.8. The van der Waals surface area contributed by atoms with Gasteiger partial charge in [0.1, 0.15) is 42.3 Å². The van der Waals surface area contributed by atoms with Crippen LogP contribution in [0.2, 0.25) is 10.0 Å². The van der Waals surface area contributed by atoms with Crippen LogP contribution in [-0.4, -0.2) is 152 Å². The van der Waals surface area contributed by atoms with Crippen molar-refractivity contribution in [2.45, 2.75) is 145 Å². The van der Waals surface area contributed by atoms with E-state index in [1.807, 2.05) is 25.1 Å². The molecule has 2 saturated heterocycles. The van der Waals surface area contributed by atoms with Crippen LogP contribution < -0.4 is 49.1 Å². The van der Waals surface area contributed by atoms with Gasteiger partial charge in [0.2, 0.25) is 53.2 Å². The second kappa shape index (κ2) is 31.1. The number of H-pyrrole nitrogens is 1. The number of nitrogens with two attached hydrogens (primary N) is 3. The van der Waals surface area contributed by atoms with Crippen molar-refractivity contribution < 1.29 is 47.9 Å². The summed E-state index contributed by atoms with van der Waals surface area (Å²) in [4.78, 5) is 153. The lowest BCUT2D eigenvalue weighted by Crippen LogP contribution is -2.61. The minimum atomic E-state index is -1.73. The molecule has 86 heavy (non-hydrogen) atoms. The van der Waals surface area contributed by atoms with E-state index in [1.54, 1.807) is 61.2 Å². The smallest absolute Gasteiger partial charge is 0.252 e. The molecule has 9 atom stereocenters. The highest BCUT2D eigenvalue weighted by molar-refractivity contribution is 6.42. The Balaban J connectivity index is 1.08. The highest BCUT2D eigenvalue weighted by Crippen LogP contribution is 2.34. The number of nitrogens with zero attached hydrogens (tertiary/aromatic N) is 4. The van der Waals surface area contributed by atoms with Crippen LogP contribution in [0, 0.1) is 0 Å². The van der Waals surface area contributed by atoms with E-state index in [0.717, 1.165) is 10.9 Å². The molecule has 458 valence electrons. The van der Waals surface area contributed by atoms with Gasteiger partial charge in [0, 0.05) is 80.3 Å². The van der Waals surface area contributed by atoms with Gasteiger partial charge in [-0.1, -0.05) is 73.3 Å². The second-order valence-corrected chi connectivity index (χ2v) is 22.5. The Bertz CT molecular complexity index is 3250. The first kappa shape index (κ1) is 65.1. The Morgan fingerprint density at radius 2 is 1.40 bits per heavy atom. The lowest BCUT2D eigenvalue weighted by Gasteiger charge is -2.32. The number of halogens is 2. The Morgan fingerprint density at radius 3 is 2.08 bits per heavy atom. The Kier molecular flexibility index (Phi) is 23.5. The molecule has 0 saturated carbocycles. The number of para-hydroxylation sites is 1. The number of nitrogens with one attached hydrogen (secondary N) is 7. The molecule has 5 aromatic rings. The van der Waals surface area contributed by atoms with Gasteiger partial charge in [0.25, 0.3) is 5.91 Å². The number of pyridine rings is 2. The van der Waals surface area contributed by atoms with Crippen molar-refractivity contribution in [2.24, 2.45) is 17.2 Å². The Labute approximate surface area is 507 Å². The van der Waals surface area contributed by atoms with Gasteiger partial charge in [-0.05, 0) is 105 Å². The molecule has 13 N–H and O–H groups in total. The fraction of sp³-hybridized carbons (Fsp3) is 0.433. The van der Waals surface area contributed by atoms with Crippen LogP contribution >= 0.6 is 23.2 Å². The molecule has 5 heterocycles. The molecule has 0 aliphatic carbocycles. The molecule has 3 aromatic heterocycles. The van der Waals surface area contributed by atoms with E-state index in [1.165, 1.54) is 35.1 Å². The third-order valence-electron chi connectivity index (χ3n) is 15.4. The summed E-state index contributed by atoms with van der Waals surface area (Å²) in [7, 11) is 0. The van der Waals surface area contributed by atoms with Crippen LogP contribution in [0.15, 0.2) is 97.7 Å². The fourth-order valence-electron chi connectivity index (χ4n) is 10.9. The van der Waals surface area contributed by atoms with Gasteiger partial charge in [0.15, 0.2) is 0 Å². The summed E-state index contributed by atoms with van der Waals surface area (Å²) in [6.07, 6.45) is 10.6. The normalized spacial score (nSPS) is 17.7. The molecular formula is C60H74Cl2N14O10. The molecule has 7 rings (SSSR count). The number of likely N-dealkylation sites (tertiary alicyclic amines) is 2. The second-order valence-electron chi connectivity index (χ2n) is 21.7. The summed E-state index contributed by atoms with van der Waals surface area (Å²) in [6.45, 7) is 4.02. The molecular weight excluding hydrogens is 1150 g/mol. The van der Waals surface area contributed by atoms with Crippen LogP contribution in [0.4, 0.5) is 0 Å². The molecule has 10 amide bonds. The standard InChI is InChI=1S/C60H74Cl2N14O10/c1-3-4-16-45(52(65)78)71-55(81)47(29-38-33-69-44-17-6-5-14-39(38)44)72-56(82)48(30-50(64)77)73-54(80)46(28-35-19-20-41(61)42(62)27-35)74-58(84)51-40(36-12-9-22-66-31-36)21-26-76(51)59(85)34(2)70-57(83)49-18-11-25-75(49)60(86)43(63)15-7-8-24-68-53(79)37-13-10-23-67-32-37/h5-6,9-10,12-14,17,19-20,22-23,27,31-34,40,43,45-49,51,69H,3-4,7-8,11,15-16,18,21,24-26,28-30,63H2,1-2H3,(H2,64,77)(H2,65,78)(H,68,79)(H,70,83)(H,71,81)(H,72,82)(H,73,80)(H,74,84)/t34-,40?,43+,45-,46+,47+,48-,49-,51-/m0/s1. The highest BCUT2D eigenvalue weighted by Gasteiger charge is 2.46. The van der Waals surface area contributed by atoms with Gasteiger partial charge in [-0.25, -0.2) is 0 Å². The third-order valence-corrected chi connectivity index (χ3v) is 16.2. The molecule has 0 bridgehead atoms. The maximum absolute atomic E-state index is 15.1. The first-order chi connectivity index (χ1) is 41.2. The molecule has 2 aliphatic heterocycles. The third kappa shape index (κ3) is 17.3. The zero-order valence-electron chi connectivity index (χ0n) is 47.9. The monoisotopic (exact) mass is 1220 g/mol. The Morgan fingerprint density at radius 1 is 0.698 bits per heavy atom. The molecule has 0 radical (unpaired) electrons. The van der Waals surface area contributed by atoms with Crippen LogP contribution in [-0.2, 0) is 56.0 Å². The summed E-state index contributed by atoms with van der Waals surface area (Å²) in [5.74, 6) is -7.98. The van der Waals surface area contributed by atoms with Gasteiger partial charge in [-0.15, -0.1) is 0 Å². The van der Waals surface area contributed by atoms with Gasteiger partial charge < -0.3 is 63.9 Å².